The number of nitrogens with zero attached hydrogens (tertiary/aromatic N) is 1. The highest BCUT2D eigenvalue weighted by atomic mass is 16.5. The Morgan fingerprint density at radius 3 is 2.71 bits per heavy atom. The van der Waals surface area contributed by atoms with Crippen LogP contribution in [0.5, 0.6) is 0 Å². The molecule has 76 valence electrons. The van der Waals surface area contributed by atoms with Gasteiger partial charge in [0.2, 0.25) is 0 Å². The molecule has 0 spiro atoms. The van der Waals surface area contributed by atoms with Gasteiger partial charge in [-0.2, -0.15) is 5.26 Å². The van der Waals surface area contributed by atoms with Crippen LogP contribution in [-0.4, -0.2) is 12.6 Å². The number of unbranched alkanes of at least 4 members (excludes halogenated alkanes) is 1. The quantitative estimate of drug-likeness (QED) is 0.380. The molecule has 0 N–H and O–H groups in total. The van der Waals surface area contributed by atoms with Crippen LogP contribution >= 0.6 is 0 Å². The normalized spacial score (nSPS) is 10.0. The third kappa shape index (κ3) is 4.52. The fraction of sp³-hybridized carbons (Fsp3) is 0.636. The number of rotatable bonds is 5. The van der Waals surface area contributed by atoms with Gasteiger partial charge in [-0.3, -0.25) is 4.79 Å². The largest absolute Gasteiger partial charge is 0.452 e. The van der Waals surface area contributed by atoms with E-state index < -0.39 is 5.41 Å². The summed E-state index contributed by atoms with van der Waals surface area (Å²) < 4.78 is 4.83. The molecule has 0 heterocycles. The Morgan fingerprint density at radius 2 is 2.21 bits per heavy atom. The van der Waals surface area contributed by atoms with Crippen molar-refractivity contribution >= 4 is 5.97 Å². The van der Waals surface area contributed by atoms with E-state index in [-0.39, 0.29) is 12.6 Å². The average Bonchev–Trinajstić information content (AvgIpc) is 2.14. The predicted octanol–water partition coefficient (Wildman–Crippen LogP) is 1.88. The minimum Gasteiger partial charge on any atom is -0.452 e. The Labute approximate surface area is 85.1 Å². The Hall–Kier alpha value is -1.48. The van der Waals surface area contributed by atoms with Gasteiger partial charge in [0.1, 0.15) is 0 Å². The van der Waals surface area contributed by atoms with Gasteiger partial charge in [-0.15, -0.1) is 6.42 Å². The molecule has 0 aliphatic carbocycles. The number of hydrogen-bond acceptors (Lipinski definition) is 3. The molecule has 0 bridgehead atoms. The maximum atomic E-state index is 11.4. The number of esters is 1. The molecule has 0 unspecified atom stereocenters. The molecule has 0 radical (unpaired) electrons. The fourth-order valence-electron chi connectivity index (χ4n) is 1.01. The molecule has 3 nitrogen and oxygen atoms in total. The van der Waals surface area contributed by atoms with E-state index in [4.69, 9.17) is 16.4 Å². The number of terminal acetylenes is 1. The molecule has 0 aliphatic heterocycles. The summed E-state index contributed by atoms with van der Waals surface area (Å²) in [6.07, 6.45) is 6.78. The summed E-state index contributed by atoms with van der Waals surface area (Å²) in [5.74, 6) is 1.94. The van der Waals surface area contributed by atoms with Gasteiger partial charge in [0, 0.05) is 6.42 Å². The van der Waals surface area contributed by atoms with Crippen molar-refractivity contribution < 1.29 is 9.53 Å². The average molecular weight is 193 g/mol. The van der Waals surface area contributed by atoms with E-state index in [2.05, 4.69) is 5.92 Å². The Kier molecular flexibility index (Phi) is 5.41. The topological polar surface area (TPSA) is 50.1 Å². The third-order valence-corrected chi connectivity index (χ3v) is 1.93. The van der Waals surface area contributed by atoms with Gasteiger partial charge in [-0.25, -0.2) is 0 Å². The van der Waals surface area contributed by atoms with Crippen LogP contribution < -0.4 is 0 Å². The number of carbonyl (C=O) groups is 1. The fourth-order valence-corrected chi connectivity index (χ4v) is 1.01. The SMILES string of the molecule is C#CCOC(=O)C(C)(C)CCCC#N. The second kappa shape index (κ2) is 6.05. The van der Waals surface area contributed by atoms with E-state index in [0.29, 0.717) is 19.3 Å². The number of nitriles is 1. The molecule has 0 aliphatic rings. The highest BCUT2D eigenvalue weighted by Gasteiger charge is 2.28. The van der Waals surface area contributed by atoms with E-state index in [1.165, 1.54) is 0 Å². The standard InChI is InChI=1S/C11H15NO2/c1-4-9-14-10(13)11(2,3)7-5-6-8-12/h1H,5-7,9H2,2-3H3. The second-order valence-electron chi connectivity index (χ2n) is 3.68. The van der Waals surface area contributed by atoms with Crippen LogP contribution in [0, 0.1) is 29.1 Å². The van der Waals surface area contributed by atoms with Crippen LogP contribution in [0.25, 0.3) is 0 Å². The van der Waals surface area contributed by atoms with Gasteiger partial charge in [0.25, 0.3) is 0 Å². The molecule has 0 fully saturated rings. The first-order chi connectivity index (χ1) is 6.54. The van der Waals surface area contributed by atoms with Crippen molar-refractivity contribution in [1.82, 2.24) is 0 Å². The first kappa shape index (κ1) is 12.5. The van der Waals surface area contributed by atoms with Crippen molar-refractivity contribution in [2.75, 3.05) is 6.61 Å². The molecule has 14 heavy (non-hydrogen) atoms. The van der Waals surface area contributed by atoms with Crippen LogP contribution in [0.2, 0.25) is 0 Å². The summed E-state index contributed by atoms with van der Waals surface area (Å²) in [6, 6.07) is 2.04. The van der Waals surface area contributed by atoms with Crippen LogP contribution in [-0.2, 0) is 9.53 Å². The van der Waals surface area contributed by atoms with Crippen molar-refractivity contribution in [3.05, 3.63) is 0 Å². The minimum absolute atomic E-state index is 0.0144. The molecule has 3 heteroatoms. The maximum absolute atomic E-state index is 11.4. The molecule has 0 aromatic heterocycles. The Balaban J connectivity index is 3.98. The summed E-state index contributed by atoms with van der Waals surface area (Å²) in [5, 5.41) is 8.35. The molecule has 0 aromatic carbocycles. The Bertz CT molecular complexity index is 268. The third-order valence-electron chi connectivity index (χ3n) is 1.93. The first-order valence-corrected chi connectivity index (χ1v) is 4.52. The Morgan fingerprint density at radius 1 is 1.57 bits per heavy atom. The summed E-state index contributed by atoms with van der Waals surface area (Å²) in [7, 11) is 0. The van der Waals surface area contributed by atoms with E-state index in [0.717, 1.165) is 0 Å². The highest BCUT2D eigenvalue weighted by Crippen LogP contribution is 2.24. The second-order valence-corrected chi connectivity index (χ2v) is 3.68. The van der Waals surface area contributed by atoms with Crippen molar-refractivity contribution in [2.45, 2.75) is 33.1 Å². The van der Waals surface area contributed by atoms with Gasteiger partial charge in [-0.05, 0) is 26.7 Å². The van der Waals surface area contributed by atoms with Gasteiger partial charge < -0.3 is 4.74 Å². The van der Waals surface area contributed by atoms with Crippen LogP contribution in [0.3, 0.4) is 0 Å². The van der Waals surface area contributed by atoms with Gasteiger partial charge in [0.15, 0.2) is 6.61 Å². The van der Waals surface area contributed by atoms with E-state index in [1.54, 1.807) is 13.8 Å². The number of ether oxygens (including phenoxy) is 1. The maximum Gasteiger partial charge on any atom is 0.312 e. The lowest BCUT2D eigenvalue weighted by Gasteiger charge is -2.21. The number of hydrogen-bond donors (Lipinski definition) is 0. The molecule has 0 atom stereocenters. The minimum atomic E-state index is -0.548. The summed E-state index contributed by atoms with van der Waals surface area (Å²) in [6.45, 7) is 3.60. The smallest absolute Gasteiger partial charge is 0.312 e. The van der Waals surface area contributed by atoms with Gasteiger partial charge >= 0.3 is 5.97 Å². The van der Waals surface area contributed by atoms with Crippen molar-refractivity contribution in [2.24, 2.45) is 5.41 Å². The molecule has 0 rings (SSSR count). The van der Waals surface area contributed by atoms with Crippen LogP contribution in [0.1, 0.15) is 33.1 Å². The molecular weight excluding hydrogens is 178 g/mol. The van der Waals surface area contributed by atoms with Gasteiger partial charge in [0.05, 0.1) is 11.5 Å². The van der Waals surface area contributed by atoms with Crippen LogP contribution in [0.4, 0.5) is 0 Å². The lowest BCUT2D eigenvalue weighted by molar-refractivity contribution is -0.152. The lowest BCUT2D eigenvalue weighted by atomic mass is 9.87. The highest BCUT2D eigenvalue weighted by molar-refractivity contribution is 5.75. The summed E-state index contributed by atoms with van der Waals surface area (Å²) in [4.78, 5) is 11.4. The molecular formula is C11H15NO2. The van der Waals surface area contributed by atoms with Crippen LogP contribution in [0.15, 0.2) is 0 Å². The zero-order chi connectivity index (χ0) is 11.0. The molecule has 0 saturated carbocycles. The van der Waals surface area contributed by atoms with E-state index >= 15 is 0 Å². The molecule has 0 saturated heterocycles. The zero-order valence-electron chi connectivity index (χ0n) is 8.67. The molecule has 0 amide bonds. The molecule has 0 aromatic rings. The van der Waals surface area contributed by atoms with E-state index in [9.17, 15) is 4.79 Å². The van der Waals surface area contributed by atoms with Crippen molar-refractivity contribution in [3.8, 4) is 18.4 Å². The van der Waals surface area contributed by atoms with Crippen molar-refractivity contribution in [1.29, 1.82) is 5.26 Å². The summed E-state index contributed by atoms with van der Waals surface area (Å²) in [5.41, 5.74) is -0.548. The number of carbonyl (C=O) groups excluding carboxylic acids is 1. The first-order valence-electron chi connectivity index (χ1n) is 4.52. The van der Waals surface area contributed by atoms with Gasteiger partial charge in [-0.1, -0.05) is 5.92 Å². The summed E-state index contributed by atoms with van der Waals surface area (Å²) >= 11 is 0. The monoisotopic (exact) mass is 193 g/mol. The van der Waals surface area contributed by atoms with E-state index in [1.807, 2.05) is 6.07 Å². The van der Waals surface area contributed by atoms with Crippen molar-refractivity contribution in [3.63, 3.8) is 0 Å². The predicted molar refractivity (Wildman–Crippen MR) is 53.0 cm³/mol. The lowest BCUT2D eigenvalue weighted by Crippen LogP contribution is -2.26. The zero-order valence-corrected chi connectivity index (χ0v) is 8.67.